The van der Waals surface area contributed by atoms with E-state index in [1.807, 2.05) is 36.4 Å². The van der Waals surface area contributed by atoms with E-state index in [4.69, 9.17) is 16.3 Å². The lowest BCUT2D eigenvalue weighted by molar-refractivity contribution is 0.396. The van der Waals surface area contributed by atoms with E-state index in [1.54, 1.807) is 7.11 Å². The fourth-order valence-corrected chi connectivity index (χ4v) is 3.27. The highest BCUT2D eigenvalue weighted by Gasteiger charge is 2.16. The summed E-state index contributed by atoms with van der Waals surface area (Å²) in [4.78, 5) is 0. The van der Waals surface area contributed by atoms with Gasteiger partial charge >= 0.3 is 0 Å². The Hall–Kier alpha value is -1.03. The van der Waals surface area contributed by atoms with Gasteiger partial charge in [-0.2, -0.15) is 0 Å². The fourth-order valence-electron chi connectivity index (χ4n) is 2.43. The molecule has 0 amide bonds. The summed E-state index contributed by atoms with van der Waals surface area (Å²) in [5.41, 5.74) is 2.22. The molecular weight excluding hydrogens is 350 g/mol. The van der Waals surface area contributed by atoms with Crippen molar-refractivity contribution >= 4 is 27.5 Å². The van der Waals surface area contributed by atoms with Crippen LogP contribution in [0.1, 0.15) is 37.1 Å². The number of halogens is 2. The molecule has 0 aliphatic rings. The first-order chi connectivity index (χ1) is 10.0. The maximum Gasteiger partial charge on any atom is 0.123 e. The highest BCUT2D eigenvalue weighted by Crippen LogP contribution is 2.30. The first-order valence-electron chi connectivity index (χ1n) is 6.87. The summed E-state index contributed by atoms with van der Waals surface area (Å²) < 4.78 is 6.41. The van der Waals surface area contributed by atoms with E-state index in [1.165, 1.54) is 0 Å². The van der Waals surface area contributed by atoms with Crippen molar-refractivity contribution in [1.82, 2.24) is 5.32 Å². The summed E-state index contributed by atoms with van der Waals surface area (Å²) in [6.45, 7) is 4.24. The minimum atomic E-state index is 0.144. The van der Waals surface area contributed by atoms with E-state index >= 15 is 0 Å². The number of hydrogen-bond acceptors (Lipinski definition) is 2. The summed E-state index contributed by atoms with van der Waals surface area (Å²) in [5, 5.41) is 4.33. The van der Waals surface area contributed by atoms with Gasteiger partial charge in [-0.05, 0) is 37.6 Å². The highest BCUT2D eigenvalue weighted by atomic mass is 79.9. The van der Waals surface area contributed by atoms with Gasteiger partial charge in [0, 0.05) is 27.1 Å². The van der Waals surface area contributed by atoms with Crippen molar-refractivity contribution in [3.05, 3.63) is 63.1 Å². The molecule has 0 fully saturated rings. The number of rotatable bonds is 5. The molecule has 0 saturated heterocycles. The second-order valence-corrected chi connectivity index (χ2v) is 6.34. The van der Waals surface area contributed by atoms with E-state index in [2.05, 4.69) is 41.2 Å². The molecule has 2 atom stereocenters. The molecule has 1 unspecified atom stereocenters. The zero-order valence-corrected chi connectivity index (χ0v) is 14.7. The number of hydrogen-bond donors (Lipinski definition) is 1. The van der Waals surface area contributed by atoms with Crippen molar-refractivity contribution in [2.24, 2.45) is 0 Å². The van der Waals surface area contributed by atoms with Crippen molar-refractivity contribution in [2.75, 3.05) is 7.11 Å². The van der Waals surface area contributed by atoms with Crippen LogP contribution in [0.2, 0.25) is 5.02 Å². The van der Waals surface area contributed by atoms with Crippen molar-refractivity contribution in [2.45, 2.75) is 25.9 Å². The Morgan fingerprint density at radius 1 is 1.05 bits per heavy atom. The second-order valence-electron chi connectivity index (χ2n) is 5.02. The minimum absolute atomic E-state index is 0.144. The van der Waals surface area contributed by atoms with Gasteiger partial charge in [-0.3, -0.25) is 0 Å². The number of ether oxygens (including phenoxy) is 1. The van der Waals surface area contributed by atoms with Gasteiger partial charge in [0.25, 0.3) is 0 Å². The fraction of sp³-hybridized carbons (Fsp3) is 0.294. The van der Waals surface area contributed by atoms with E-state index < -0.39 is 0 Å². The molecule has 0 aromatic heterocycles. The Bertz CT molecular complexity index is 617. The number of nitrogens with one attached hydrogen (secondary N) is 1. The van der Waals surface area contributed by atoms with Crippen LogP contribution in [-0.4, -0.2) is 7.11 Å². The van der Waals surface area contributed by atoms with Crippen LogP contribution in [0, 0.1) is 0 Å². The molecule has 0 aliphatic heterocycles. The van der Waals surface area contributed by atoms with Crippen LogP contribution >= 0.6 is 27.5 Å². The lowest BCUT2D eigenvalue weighted by Gasteiger charge is -2.23. The zero-order chi connectivity index (χ0) is 15.4. The molecule has 0 bridgehead atoms. The third-order valence-corrected chi connectivity index (χ3v) is 4.36. The maximum atomic E-state index is 6.32. The van der Waals surface area contributed by atoms with E-state index in [0.717, 1.165) is 26.4 Å². The van der Waals surface area contributed by atoms with E-state index in [-0.39, 0.29) is 12.1 Å². The van der Waals surface area contributed by atoms with Crippen molar-refractivity contribution < 1.29 is 4.74 Å². The lowest BCUT2D eigenvalue weighted by atomic mass is 10.0. The smallest absolute Gasteiger partial charge is 0.123 e. The number of methoxy groups -OCH3 is 1. The van der Waals surface area contributed by atoms with Gasteiger partial charge in [0.1, 0.15) is 5.75 Å². The van der Waals surface area contributed by atoms with E-state index in [0.29, 0.717) is 0 Å². The Morgan fingerprint density at radius 2 is 1.71 bits per heavy atom. The first kappa shape index (κ1) is 16.3. The van der Waals surface area contributed by atoms with Crippen molar-refractivity contribution in [1.29, 1.82) is 0 Å². The highest BCUT2D eigenvalue weighted by molar-refractivity contribution is 9.10. The normalized spacial score (nSPS) is 13.8. The number of benzene rings is 2. The monoisotopic (exact) mass is 367 g/mol. The third kappa shape index (κ3) is 4.00. The Kier molecular flexibility index (Phi) is 5.68. The van der Waals surface area contributed by atoms with Gasteiger partial charge in [-0.1, -0.05) is 51.8 Å². The molecule has 0 saturated carbocycles. The molecule has 1 N–H and O–H groups in total. The first-order valence-corrected chi connectivity index (χ1v) is 8.04. The van der Waals surface area contributed by atoms with Crippen molar-refractivity contribution in [3.8, 4) is 5.75 Å². The quantitative estimate of drug-likeness (QED) is 0.750. The van der Waals surface area contributed by atoms with Gasteiger partial charge in [0.05, 0.1) is 7.11 Å². The SMILES string of the molecule is COc1ccccc1[C@@H](C)NC(C)c1ccc(Br)cc1Cl. The van der Waals surface area contributed by atoms with Crippen LogP contribution in [-0.2, 0) is 0 Å². The van der Waals surface area contributed by atoms with Crippen LogP contribution in [0.5, 0.6) is 5.75 Å². The van der Waals surface area contributed by atoms with Gasteiger partial charge in [0.2, 0.25) is 0 Å². The lowest BCUT2D eigenvalue weighted by Crippen LogP contribution is -2.23. The molecule has 2 rings (SSSR count). The summed E-state index contributed by atoms with van der Waals surface area (Å²) >= 11 is 9.75. The average Bonchev–Trinajstić information content (AvgIpc) is 2.46. The molecule has 2 aromatic carbocycles. The topological polar surface area (TPSA) is 21.3 Å². The molecule has 0 heterocycles. The molecule has 2 nitrogen and oxygen atoms in total. The van der Waals surface area contributed by atoms with Gasteiger partial charge < -0.3 is 10.1 Å². The molecular formula is C17H19BrClNO. The average molecular weight is 369 g/mol. The van der Waals surface area contributed by atoms with Crippen molar-refractivity contribution in [3.63, 3.8) is 0 Å². The molecule has 0 radical (unpaired) electrons. The third-order valence-electron chi connectivity index (χ3n) is 3.53. The summed E-state index contributed by atoms with van der Waals surface area (Å²) in [6.07, 6.45) is 0. The summed E-state index contributed by atoms with van der Waals surface area (Å²) in [5.74, 6) is 0.895. The van der Waals surface area contributed by atoms with E-state index in [9.17, 15) is 0 Å². The number of para-hydroxylation sites is 1. The Morgan fingerprint density at radius 3 is 2.38 bits per heavy atom. The van der Waals surface area contributed by atoms with Gasteiger partial charge in [-0.15, -0.1) is 0 Å². The van der Waals surface area contributed by atoms with Gasteiger partial charge in [-0.25, -0.2) is 0 Å². The van der Waals surface area contributed by atoms with Crippen LogP contribution in [0.4, 0.5) is 0 Å². The van der Waals surface area contributed by atoms with Crippen LogP contribution in [0.25, 0.3) is 0 Å². The second kappa shape index (κ2) is 7.30. The molecule has 2 aromatic rings. The molecule has 0 spiro atoms. The zero-order valence-electron chi connectivity index (χ0n) is 12.4. The molecule has 0 aliphatic carbocycles. The predicted octanol–water partition coefficient (Wildman–Crippen LogP) is 5.52. The Balaban J connectivity index is 2.16. The largest absolute Gasteiger partial charge is 0.496 e. The van der Waals surface area contributed by atoms with Crippen LogP contribution in [0.3, 0.4) is 0 Å². The van der Waals surface area contributed by atoms with Crippen LogP contribution in [0.15, 0.2) is 46.9 Å². The standard InChI is InChI=1S/C17H19BrClNO/c1-11(14-9-8-13(18)10-16(14)19)20-12(2)15-6-4-5-7-17(15)21-3/h4-12,20H,1-3H3/t11?,12-/m1/s1. The Labute approximate surface area is 139 Å². The molecule has 21 heavy (non-hydrogen) atoms. The molecule has 112 valence electrons. The summed E-state index contributed by atoms with van der Waals surface area (Å²) in [7, 11) is 1.70. The minimum Gasteiger partial charge on any atom is -0.496 e. The summed E-state index contributed by atoms with van der Waals surface area (Å²) in [6, 6.07) is 14.3. The molecule has 4 heteroatoms. The maximum absolute atomic E-state index is 6.32. The van der Waals surface area contributed by atoms with Crippen LogP contribution < -0.4 is 10.1 Å². The predicted molar refractivity (Wildman–Crippen MR) is 92.1 cm³/mol. The van der Waals surface area contributed by atoms with Gasteiger partial charge in [0.15, 0.2) is 0 Å².